The fourth-order valence-corrected chi connectivity index (χ4v) is 3.01. The number of alkyl halides is 2. The number of nitrogens with zero attached hydrogens (tertiary/aromatic N) is 2. The van der Waals surface area contributed by atoms with Crippen LogP contribution in [-0.2, 0) is 6.54 Å². The third-order valence-corrected chi connectivity index (χ3v) is 4.43. The molecule has 0 aliphatic rings. The molecule has 3 aromatic rings. The van der Waals surface area contributed by atoms with E-state index in [-0.39, 0.29) is 11.3 Å². The number of methoxy groups -OCH3 is 1. The Morgan fingerprint density at radius 1 is 1.17 bits per heavy atom. The normalized spacial score (nSPS) is 10.8. The number of hydrogen-bond acceptors (Lipinski definition) is 4. The predicted octanol–water partition coefficient (Wildman–Crippen LogP) is 4.41. The summed E-state index contributed by atoms with van der Waals surface area (Å²) >= 11 is 0. The molecule has 0 bridgehead atoms. The van der Waals surface area contributed by atoms with E-state index in [4.69, 9.17) is 4.74 Å². The van der Waals surface area contributed by atoms with Crippen LogP contribution in [0.1, 0.15) is 27.3 Å². The van der Waals surface area contributed by atoms with Gasteiger partial charge in [-0.3, -0.25) is 9.48 Å². The van der Waals surface area contributed by atoms with Gasteiger partial charge in [-0.2, -0.15) is 13.9 Å². The Bertz CT molecular complexity index is 1020. The van der Waals surface area contributed by atoms with Gasteiger partial charge in [0, 0.05) is 0 Å². The van der Waals surface area contributed by atoms with E-state index in [1.54, 1.807) is 24.8 Å². The maximum atomic E-state index is 12.7. The number of rotatable bonds is 7. The van der Waals surface area contributed by atoms with Crippen LogP contribution in [0.2, 0.25) is 0 Å². The average Bonchev–Trinajstić information content (AvgIpc) is 2.95. The fourth-order valence-electron chi connectivity index (χ4n) is 3.01. The Labute approximate surface area is 167 Å². The lowest BCUT2D eigenvalue weighted by Crippen LogP contribution is -2.16. The minimum absolute atomic E-state index is 0.0205. The Balaban J connectivity index is 1.83. The lowest BCUT2D eigenvalue weighted by molar-refractivity contribution is -0.0501. The van der Waals surface area contributed by atoms with Crippen molar-refractivity contribution >= 4 is 11.6 Å². The maximum Gasteiger partial charge on any atom is 0.387 e. The molecule has 8 heteroatoms. The number of nitrogens with one attached hydrogen (secondary N) is 1. The molecule has 1 heterocycles. The third kappa shape index (κ3) is 4.71. The Morgan fingerprint density at radius 2 is 1.93 bits per heavy atom. The van der Waals surface area contributed by atoms with Gasteiger partial charge in [0.05, 0.1) is 36.3 Å². The zero-order valence-electron chi connectivity index (χ0n) is 16.3. The number of carbonyl (C=O) groups excluding carboxylic acids is 1. The number of anilines is 1. The highest BCUT2D eigenvalue weighted by Crippen LogP contribution is 2.25. The zero-order chi connectivity index (χ0) is 21.0. The van der Waals surface area contributed by atoms with E-state index in [2.05, 4.69) is 15.2 Å². The number of ether oxygens (including phenoxy) is 2. The topological polar surface area (TPSA) is 65.4 Å². The van der Waals surface area contributed by atoms with Crippen LogP contribution in [0.3, 0.4) is 0 Å². The minimum Gasteiger partial charge on any atom is -0.497 e. The first kappa shape index (κ1) is 20.3. The molecule has 0 saturated heterocycles. The smallest absolute Gasteiger partial charge is 0.387 e. The van der Waals surface area contributed by atoms with Crippen molar-refractivity contribution in [1.82, 2.24) is 9.78 Å². The van der Waals surface area contributed by atoms with Crippen molar-refractivity contribution in [2.24, 2.45) is 0 Å². The SMILES string of the molecule is COc1cccc(Cn2nc(C)c(NC(=O)c3ccccc3OC(F)F)c2C)c1. The van der Waals surface area contributed by atoms with E-state index in [1.807, 2.05) is 31.2 Å². The molecule has 3 rings (SSSR count). The highest BCUT2D eigenvalue weighted by Gasteiger charge is 2.19. The monoisotopic (exact) mass is 401 g/mol. The summed E-state index contributed by atoms with van der Waals surface area (Å²) in [5, 5.41) is 7.25. The standard InChI is InChI=1S/C21H21F2N3O3/c1-13-19(24-20(27)17-9-4-5-10-18(17)29-21(22)23)14(2)26(25-13)12-15-7-6-8-16(11-15)28-3/h4-11,21H,12H2,1-3H3,(H,24,27). The van der Waals surface area contributed by atoms with E-state index < -0.39 is 12.5 Å². The first-order valence-electron chi connectivity index (χ1n) is 8.91. The minimum atomic E-state index is -3.02. The molecule has 6 nitrogen and oxygen atoms in total. The fraction of sp³-hybridized carbons (Fsp3) is 0.238. The second-order valence-corrected chi connectivity index (χ2v) is 6.38. The molecule has 0 aliphatic carbocycles. The molecule has 1 aromatic heterocycles. The summed E-state index contributed by atoms with van der Waals surface area (Å²) in [5.41, 5.74) is 2.90. The van der Waals surface area contributed by atoms with Gasteiger partial charge < -0.3 is 14.8 Å². The molecule has 1 amide bonds. The van der Waals surface area contributed by atoms with Gasteiger partial charge in [-0.1, -0.05) is 24.3 Å². The van der Waals surface area contributed by atoms with Crippen molar-refractivity contribution in [1.29, 1.82) is 0 Å². The van der Waals surface area contributed by atoms with Crippen molar-refractivity contribution < 1.29 is 23.0 Å². The molecule has 0 radical (unpaired) electrons. The molecule has 0 unspecified atom stereocenters. The van der Waals surface area contributed by atoms with Gasteiger partial charge in [0.25, 0.3) is 5.91 Å². The molecular formula is C21H21F2N3O3. The molecule has 0 fully saturated rings. The number of aromatic nitrogens is 2. The van der Waals surface area contributed by atoms with Crippen molar-refractivity contribution in [2.45, 2.75) is 27.0 Å². The molecular weight excluding hydrogens is 380 g/mol. The predicted molar refractivity (Wildman–Crippen MR) is 105 cm³/mol. The number of amides is 1. The van der Waals surface area contributed by atoms with Gasteiger partial charge in [-0.05, 0) is 43.7 Å². The summed E-state index contributed by atoms with van der Waals surface area (Å²) in [4.78, 5) is 12.7. The number of para-hydroxylation sites is 1. The molecule has 0 saturated carbocycles. The largest absolute Gasteiger partial charge is 0.497 e. The van der Waals surface area contributed by atoms with Crippen molar-refractivity contribution in [3.05, 3.63) is 71.0 Å². The Hall–Kier alpha value is -3.42. The zero-order valence-corrected chi connectivity index (χ0v) is 16.3. The second kappa shape index (κ2) is 8.72. The van der Waals surface area contributed by atoms with Gasteiger partial charge >= 0.3 is 6.61 Å². The lowest BCUT2D eigenvalue weighted by Gasteiger charge is -2.11. The van der Waals surface area contributed by atoms with E-state index >= 15 is 0 Å². The van der Waals surface area contributed by atoms with E-state index in [0.717, 1.165) is 17.0 Å². The lowest BCUT2D eigenvalue weighted by atomic mass is 10.1. The van der Waals surface area contributed by atoms with Crippen LogP contribution in [-0.4, -0.2) is 29.4 Å². The number of benzene rings is 2. The summed E-state index contributed by atoms with van der Waals surface area (Å²) in [5.74, 6) is 0.0145. The first-order chi connectivity index (χ1) is 13.9. The van der Waals surface area contributed by atoms with Crippen LogP contribution < -0.4 is 14.8 Å². The van der Waals surface area contributed by atoms with Gasteiger partial charge in [-0.15, -0.1) is 0 Å². The van der Waals surface area contributed by atoms with Crippen LogP contribution in [0, 0.1) is 13.8 Å². The number of halogens is 2. The Morgan fingerprint density at radius 3 is 2.66 bits per heavy atom. The molecule has 0 atom stereocenters. The van der Waals surface area contributed by atoms with Crippen LogP contribution in [0.15, 0.2) is 48.5 Å². The molecule has 2 aromatic carbocycles. The molecule has 29 heavy (non-hydrogen) atoms. The summed E-state index contributed by atoms with van der Waals surface area (Å²) in [6.45, 7) is 1.08. The van der Waals surface area contributed by atoms with Crippen LogP contribution in [0.25, 0.3) is 0 Å². The molecule has 0 aliphatic heterocycles. The molecule has 152 valence electrons. The van der Waals surface area contributed by atoms with Gasteiger partial charge in [-0.25, -0.2) is 0 Å². The molecule has 1 N–H and O–H groups in total. The van der Waals surface area contributed by atoms with E-state index in [1.165, 1.54) is 18.2 Å². The highest BCUT2D eigenvalue weighted by atomic mass is 19.3. The summed E-state index contributed by atoms with van der Waals surface area (Å²) < 4.78 is 36.7. The van der Waals surface area contributed by atoms with Crippen LogP contribution in [0.4, 0.5) is 14.5 Å². The summed E-state index contributed by atoms with van der Waals surface area (Å²) in [6.07, 6.45) is 0. The Kier molecular flexibility index (Phi) is 6.11. The number of hydrogen-bond donors (Lipinski definition) is 1. The summed E-state index contributed by atoms with van der Waals surface area (Å²) in [6, 6.07) is 13.5. The van der Waals surface area contributed by atoms with E-state index in [9.17, 15) is 13.6 Å². The number of carbonyl (C=O) groups is 1. The van der Waals surface area contributed by atoms with Crippen LogP contribution in [0.5, 0.6) is 11.5 Å². The number of aryl methyl sites for hydroxylation is 1. The van der Waals surface area contributed by atoms with Gasteiger partial charge in [0.15, 0.2) is 0 Å². The molecule has 0 spiro atoms. The van der Waals surface area contributed by atoms with E-state index in [0.29, 0.717) is 17.9 Å². The van der Waals surface area contributed by atoms with Crippen molar-refractivity contribution in [3.8, 4) is 11.5 Å². The second-order valence-electron chi connectivity index (χ2n) is 6.38. The van der Waals surface area contributed by atoms with Gasteiger partial charge in [0.1, 0.15) is 11.5 Å². The quantitative estimate of drug-likeness (QED) is 0.637. The van der Waals surface area contributed by atoms with Crippen molar-refractivity contribution in [2.75, 3.05) is 12.4 Å². The van der Waals surface area contributed by atoms with Gasteiger partial charge in [0.2, 0.25) is 0 Å². The average molecular weight is 401 g/mol. The maximum absolute atomic E-state index is 12.7. The summed E-state index contributed by atoms with van der Waals surface area (Å²) in [7, 11) is 1.60. The van der Waals surface area contributed by atoms with Crippen molar-refractivity contribution in [3.63, 3.8) is 0 Å². The van der Waals surface area contributed by atoms with Crippen LogP contribution >= 0.6 is 0 Å². The highest BCUT2D eigenvalue weighted by molar-refractivity contribution is 6.06. The third-order valence-electron chi connectivity index (χ3n) is 4.43. The first-order valence-corrected chi connectivity index (χ1v) is 8.91.